The maximum atomic E-state index is 6.61. The van der Waals surface area contributed by atoms with Gasteiger partial charge in [0, 0.05) is 0 Å². The zero-order chi connectivity index (χ0) is 13.7. The first-order valence-corrected chi connectivity index (χ1v) is 12.0. The summed E-state index contributed by atoms with van der Waals surface area (Å²) in [7, 11) is 0. The second-order valence-electron chi connectivity index (χ2n) is 7.05. The van der Waals surface area contributed by atoms with Gasteiger partial charge in [-0.25, -0.2) is 0 Å². The fourth-order valence-electron chi connectivity index (χ4n) is 2.21. The Balaban J connectivity index is 2.67. The molecule has 0 nitrogen and oxygen atoms in total. The van der Waals surface area contributed by atoms with Gasteiger partial charge in [-0.1, -0.05) is 0 Å². The number of rotatable bonds is 0. The number of hydrogen-bond acceptors (Lipinski definition) is 0. The molecule has 0 saturated heterocycles. The summed E-state index contributed by atoms with van der Waals surface area (Å²) in [4.78, 5) is 0. The van der Waals surface area contributed by atoms with E-state index in [2.05, 4.69) is 53.7 Å². The Morgan fingerprint density at radius 1 is 1.06 bits per heavy atom. The SMILES string of the molecule is CC(C)(C)c1cc2c(c(C(C)(C)C)c1)P(Cl)[Se]C2. The van der Waals surface area contributed by atoms with Crippen molar-refractivity contribution >= 4 is 37.0 Å². The summed E-state index contributed by atoms with van der Waals surface area (Å²) >= 11 is 7.21. The molecule has 1 aliphatic heterocycles. The van der Waals surface area contributed by atoms with Crippen LogP contribution in [-0.4, -0.2) is 14.5 Å². The molecule has 1 unspecified atom stereocenters. The Morgan fingerprint density at radius 3 is 2.17 bits per heavy atom. The van der Waals surface area contributed by atoms with E-state index in [-0.39, 0.29) is 16.8 Å². The third-order valence-corrected chi connectivity index (χ3v) is 10.7. The summed E-state index contributed by atoms with van der Waals surface area (Å²) in [5, 5.41) is 2.73. The molecule has 0 fully saturated rings. The molecule has 1 atom stereocenters. The number of halogens is 1. The third kappa shape index (κ3) is 2.80. The van der Waals surface area contributed by atoms with Crippen molar-refractivity contribution in [3.8, 4) is 0 Å². The zero-order valence-corrected chi connectivity index (χ0v) is 15.5. The van der Waals surface area contributed by atoms with E-state index in [1.54, 1.807) is 0 Å². The van der Waals surface area contributed by atoms with Crippen LogP contribution in [-0.2, 0) is 16.1 Å². The number of fused-ring (bicyclic) bond motifs is 1. The van der Waals surface area contributed by atoms with Gasteiger partial charge in [-0.2, -0.15) is 0 Å². The Morgan fingerprint density at radius 2 is 1.67 bits per heavy atom. The Hall–Kier alpha value is 0.459. The molecule has 0 N–H and O–H groups in total. The van der Waals surface area contributed by atoms with Crippen LogP contribution < -0.4 is 5.30 Å². The number of hydrogen-bond donors (Lipinski definition) is 0. The minimum atomic E-state index is -0.379. The van der Waals surface area contributed by atoms with E-state index in [1.807, 2.05) is 0 Å². The first-order valence-electron chi connectivity index (χ1n) is 6.37. The molecular formula is C15H22ClPSe. The van der Waals surface area contributed by atoms with E-state index < -0.39 is 0 Å². The van der Waals surface area contributed by atoms with Crippen LogP contribution in [0, 0.1) is 0 Å². The summed E-state index contributed by atoms with van der Waals surface area (Å²) in [6, 6.07) is 4.83. The van der Waals surface area contributed by atoms with Crippen molar-refractivity contribution in [1.29, 1.82) is 0 Å². The topological polar surface area (TPSA) is 0 Å². The molecule has 0 spiro atoms. The molecule has 2 rings (SSSR count). The molecular weight excluding hydrogens is 326 g/mol. The molecule has 1 heterocycles. The van der Waals surface area contributed by atoms with Gasteiger partial charge in [0.2, 0.25) is 0 Å². The van der Waals surface area contributed by atoms with Crippen LogP contribution in [0.2, 0.25) is 0 Å². The quantitative estimate of drug-likeness (QED) is 0.472. The Labute approximate surface area is 123 Å². The molecule has 0 saturated carbocycles. The van der Waals surface area contributed by atoms with E-state index in [1.165, 1.54) is 27.3 Å². The van der Waals surface area contributed by atoms with Gasteiger partial charge in [0.05, 0.1) is 0 Å². The van der Waals surface area contributed by atoms with E-state index in [9.17, 15) is 0 Å². The van der Waals surface area contributed by atoms with Gasteiger partial charge in [-0.15, -0.1) is 0 Å². The molecule has 3 heteroatoms. The van der Waals surface area contributed by atoms with Crippen LogP contribution >= 0.6 is 17.2 Å². The molecule has 0 aliphatic carbocycles. The predicted octanol–water partition coefficient (Wildman–Crippen LogP) is 4.68. The predicted molar refractivity (Wildman–Crippen MR) is 85.7 cm³/mol. The number of benzene rings is 1. The van der Waals surface area contributed by atoms with Crippen LogP contribution in [0.3, 0.4) is 0 Å². The summed E-state index contributed by atoms with van der Waals surface area (Å²) in [6.07, 6.45) is 0. The van der Waals surface area contributed by atoms with Gasteiger partial charge in [0.15, 0.2) is 0 Å². The Bertz CT molecular complexity index is 469. The Kier molecular flexibility index (Phi) is 3.95. The molecule has 0 radical (unpaired) electrons. The summed E-state index contributed by atoms with van der Waals surface area (Å²) in [5.74, 6) is -0.379. The van der Waals surface area contributed by atoms with E-state index in [0.29, 0.717) is 14.5 Å². The molecule has 18 heavy (non-hydrogen) atoms. The maximum absolute atomic E-state index is 6.61. The minimum absolute atomic E-state index is 0.196. The van der Waals surface area contributed by atoms with Crippen molar-refractivity contribution < 1.29 is 0 Å². The zero-order valence-electron chi connectivity index (χ0n) is 12.1. The average Bonchev–Trinajstić information content (AvgIpc) is 2.56. The van der Waals surface area contributed by atoms with Crippen LogP contribution in [0.4, 0.5) is 0 Å². The monoisotopic (exact) mass is 348 g/mol. The van der Waals surface area contributed by atoms with Crippen molar-refractivity contribution in [2.75, 3.05) is 0 Å². The van der Waals surface area contributed by atoms with Crippen LogP contribution in [0.5, 0.6) is 0 Å². The van der Waals surface area contributed by atoms with E-state index in [0.717, 1.165) is 0 Å². The second-order valence-corrected chi connectivity index (χ2v) is 15.2. The molecule has 1 aromatic carbocycles. The van der Waals surface area contributed by atoms with Gasteiger partial charge in [0.1, 0.15) is 0 Å². The molecule has 0 bridgehead atoms. The summed E-state index contributed by atoms with van der Waals surface area (Å²) in [5.41, 5.74) is 4.91. The fraction of sp³-hybridized carbons (Fsp3) is 0.600. The van der Waals surface area contributed by atoms with Crippen molar-refractivity contribution in [1.82, 2.24) is 0 Å². The molecule has 0 amide bonds. The van der Waals surface area contributed by atoms with Crippen molar-refractivity contribution in [3.05, 3.63) is 28.8 Å². The van der Waals surface area contributed by atoms with Crippen molar-refractivity contribution in [2.24, 2.45) is 0 Å². The molecule has 0 aromatic heterocycles. The van der Waals surface area contributed by atoms with Crippen LogP contribution in [0.25, 0.3) is 0 Å². The van der Waals surface area contributed by atoms with Crippen LogP contribution in [0.15, 0.2) is 12.1 Å². The average molecular weight is 348 g/mol. The van der Waals surface area contributed by atoms with Gasteiger partial charge in [0.25, 0.3) is 0 Å². The molecule has 1 aromatic rings. The second kappa shape index (κ2) is 4.78. The van der Waals surface area contributed by atoms with E-state index >= 15 is 0 Å². The van der Waals surface area contributed by atoms with Gasteiger partial charge < -0.3 is 0 Å². The van der Waals surface area contributed by atoms with E-state index in [4.69, 9.17) is 11.2 Å². The summed E-state index contributed by atoms with van der Waals surface area (Å²) in [6.45, 7) is 13.8. The van der Waals surface area contributed by atoms with Gasteiger partial charge in [-0.3, -0.25) is 0 Å². The van der Waals surface area contributed by atoms with Crippen molar-refractivity contribution in [2.45, 2.75) is 57.7 Å². The normalized spacial score (nSPS) is 20.1. The molecule has 1 aliphatic rings. The van der Waals surface area contributed by atoms with Gasteiger partial charge in [-0.05, 0) is 0 Å². The van der Waals surface area contributed by atoms with Crippen molar-refractivity contribution in [3.63, 3.8) is 0 Å². The first-order chi connectivity index (χ1) is 8.10. The van der Waals surface area contributed by atoms with Crippen LogP contribution in [0.1, 0.15) is 58.2 Å². The first kappa shape index (κ1) is 14.9. The third-order valence-electron chi connectivity index (χ3n) is 3.37. The standard InChI is InChI=1S/C15H22ClPSe/c1-14(2,3)11-7-10-9-18-17(16)13(10)12(8-11)15(4,5)6/h7-8H,9H2,1-6H3. The molecule has 100 valence electrons. The summed E-state index contributed by atoms with van der Waals surface area (Å²) < 4.78 is 0. The fourth-order valence-corrected chi connectivity index (χ4v) is 9.38. The van der Waals surface area contributed by atoms with Gasteiger partial charge >= 0.3 is 124 Å².